The molecule has 0 spiro atoms. The van der Waals surface area contributed by atoms with Crippen molar-refractivity contribution in [2.75, 3.05) is 13.6 Å². The predicted molar refractivity (Wildman–Crippen MR) is 73.2 cm³/mol. The van der Waals surface area contributed by atoms with E-state index in [1.807, 2.05) is 7.05 Å². The van der Waals surface area contributed by atoms with Gasteiger partial charge in [0.25, 0.3) is 0 Å². The van der Waals surface area contributed by atoms with Crippen molar-refractivity contribution in [2.24, 2.45) is 11.1 Å². The molecule has 0 amide bonds. The summed E-state index contributed by atoms with van der Waals surface area (Å²) in [6.45, 7) is 7.59. The molecule has 94 valence electrons. The molecule has 1 aromatic rings. The van der Waals surface area contributed by atoms with E-state index in [0.29, 0.717) is 5.41 Å². The highest BCUT2D eigenvalue weighted by Gasteiger charge is 2.48. The van der Waals surface area contributed by atoms with Gasteiger partial charge in [0.1, 0.15) is 0 Å². The lowest BCUT2D eigenvalue weighted by molar-refractivity contribution is 0.391. The molecule has 0 aromatic heterocycles. The summed E-state index contributed by atoms with van der Waals surface area (Å²) in [4.78, 5) is 0. The number of aryl methyl sites for hydroxylation is 1. The molecule has 1 unspecified atom stereocenters. The van der Waals surface area contributed by atoms with Crippen LogP contribution in [0.1, 0.15) is 41.1 Å². The van der Waals surface area contributed by atoms with Crippen molar-refractivity contribution >= 4 is 0 Å². The van der Waals surface area contributed by atoms with E-state index in [4.69, 9.17) is 5.73 Å². The fraction of sp³-hybridized carbons (Fsp3) is 0.600. The quantitative estimate of drug-likeness (QED) is 0.837. The summed E-state index contributed by atoms with van der Waals surface area (Å²) < 4.78 is 0. The van der Waals surface area contributed by atoms with Crippen LogP contribution in [0.25, 0.3) is 0 Å². The molecular weight excluding hydrogens is 208 g/mol. The van der Waals surface area contributed by atoms with Crippen molar-refractivity contribution in [1.82, 2.24) is 5.32 Å². The van der Waals surface area contributed by atoms with Crippen molar-refractivity contribution in [2.45, 2.75) is 39.7 Å². The summed E-state index contributed by atoms with van der Waals surface area (Å²) in [5.41, 5.74) is 12.3. The summed E-state index contributed by atoms with van der Waals surface area (Å²) in [6, 6.07) is 4.60. The van der Waals surface area contributed by atoms with Gasteiger partial charge in [-0.2, -0.15) is 0 Å². The molecule has 0 heterocycles. The lowest BCUT2D eigenvalue weighted by atomic mass is 9.86. The second kappa shape index (κ2) is 4.43. The van der Waals surface area contributed by atoms with E-state index in [0.717, 1.165) is 6.54 Å². The van der Waals surface area contributed by atoms with Gasteiger partial charge in [-0.25, -0.2) is 0 Å². The molecule has 17 heavy (non-hydrogen) atoms. The van der Waals surface area contributed by atoms with Crippen molar-refractivity contribution in [3.8, 4) is 0 Å². The van der Waals surface area contributed by atoms with Gasteiger partial charge in [-0.1, -0.05) is 12.1 Å². The molecule has 3 N–H and O–H groups in total. The number of hydrogen-bond acceptors (Lipinski definition) is 2. The number of benzene rings is 1. The van der Waals surface area contributed by atoms with Crippen molar-refractivity contribution in [3.05, 3.63) is 34.4 Å². The minimum atomic E-state index is 0.175. The smallest absolute Gasteiger partial charge is 0.0367 e. The Morgan fingerprint density at radius 3 is 2.41 bits per heavy atom. The maximum atomic E-state index is 6.50. The lowest BCUT2D eigenvalue weighted by Gasteiger charge is -2.26. The molecule has 2 heteroatoms. The van der Waals surface area contributed by atoms with Crippen LogP contribution in [0.2, 0.25) is 0 Å². The van der Waals surface area contributed by atoms with E-state index in [2.05, 4.69) is 38.2 Å². The van der Waals surface area contributed by atoms with Crippen LogP contribution in [-0.2, 0) is 0 Å². The Labute approximate surface area is 105 Å². The average molecular weight is 232 g/mol. The first-order valence-electron chi connectivity index (χ1n) is 6.49. The maximum Gasteiger partial charge on any atom is 0.0367 e. The van der Waals surface area contributed by atoms with Gasteiger partial charge in [-0.05, 0) is 62.9 Å². The second-order valence-corrected chi connectivity index (χ2v) is 5.59. The average Bonchev–Trinajstić information content (AvgIpc) is 3.07. The van der Waals surface area contributed by atoms with Crippen molar-refractivity contribution < 1.29 is 0 Å². The standard InChI is InChI=1S/C15H24N2/c1-10-5-6-13(12(3)11(10)2)14(16)15(7-8-15)9-17-4/h5-6,14,17H,7-9,16H2,1-4H3. The number of nitrogens with one attached hydrogen (secondary N) is 1. The van der Waals surface area contributed by atoms with Crippen LogP contribution in [0.4, 0.5) is 0 Å². The Kier molecular flexibility index (Phi) is 3.28. The van der Waals surface area contributed by atoms with Gasteiger partial charge < -0.3 is 11.1 Å². The molecule has 1 aliphatic rings. The minimum absolute atomic E-state index is 0.175. The third-order valence-corrected chi connectivity index (χ3v) is 4.52. The third kappa shape index (κ3) is 2.12. The lowest BCUT2D eigenvalue weighted by Crippen LogP contribution is -2.32. The molecule has 2 nitrogen and oxygen atoms in total. The van der Waals surface area contributed by atoms with E-state index in [9.17, 15) is 0 Å². The van der Waals surface area contributed by atoms with Gasteiger partial charge in [0.2, 0.25) is 0 Å². The molecule has 1 atom stereocenters. The number of hydrogen-bond donors (Lipinski definition) is 2. The zero-order chi connectivity index (χ0) is 12.6. The highest BCUT2D eigenvalue weighted by molar-refractivity contribution is 5.41. The van der Waals surface area contributed by atoms with Crippen molar-refractivity contribution in [1.29, 1.82) is 0 Å². The first-order valence-corrected chi connectivity index (χ1v) is 6.49. The maximum absolute atomic E-state index is 6.50. The van der Waals surface area contributed by atoms with Gasteiger partial charge >= 0.3 is 0 Å². The Bertz CT molecular complexity index is 419. The van der Waals surface area contributed by atoms with Crippen LogP contribution in [0.15, 0.2) is 12.1 Å². The first kappa shape index (κ1) is 12.6. The van der Waals surface area contributed by atoms with Crippen LogP contribution >= 0.6 is 0 Å². The molecule has 1 aliphatic carbocycles. The van der Waals surface area contributed by atoms with Crippen LogP contribution in [-0.4, -0.2) is 13.6 Å². The molecule has 0 saturated heterocycles. The highest BCUT2D eigenvalue weighted by atomic mass is 14.9. The Hall–Kier alpha value is -0.860. The molecule has 0 bridgehead atoms. The summed E-state index contributed by atoms with van der Waals surface area (Å²) >= 11 is 0. The zero-order valence-corrected chi connectivity index (χ0v) is 11.4. The minimum Gasteiger partial charge on any atom is -0.323 e. The van der Waals surface area contributed by atoms with Gasteiger partial charge in [-0.15, -0.1) is 0 Å². The van der Waals surface area contributed by atoms with Crippen LogP contribution < -0.4 is 11.1 Å². The molecular formula is C15H24N2. The van der Waals surface area contributed by atoms with Gasteiger partial charge in [-0.3, -0.25) is 0 Å². The number of nitrogens with two attached hydrogens (primary N) is 1. The van der Waals surface area contributed by atoms with E-state index in [1.165, 1.54) is 35.1 Å². The highest BCUT2D eigenvalue weighted by Crippen LogP contribution is 2.53. The topological polar surface area (TPSA) is 38.0 Å². The van der Waals surface area contributed by atoms with E-state index in [1.54, 1.807) is 0 Å². The number of rotatable bonds is 4. The molecule has 2 rings (SSSR count). The van der Waals surface area contributed by atoms with Crippen molar-refractivity contribution in [3.63, 3.8) is 0 Å². The van der Waals surface area contributed by atoms with Crippen LogP contribution in [0.3, 0.4) is 0 Å². The monoisotopic (exact) mass is 232 g/mol. The van der Waals surface area contributed by atoms with Gasteiger partial charge in [0.05, 0.1) is 0 Å². The molecule has 1 fully saturated rings. The van der Waals surface area contributed by atoms with Crippen LogP contribution in [0.5, 0.6) is 0 Å². The fourth-order valence-electron chi connectivity index (χ4n) is 2.75. The summed E-state index contributed by atoms with van der Waals surface area (Å²) in [6.07, 6.45) is 2.50. The van der Waals surface area contributed by atoms with Crippen LogP contribution in [0, 0.1) is 26.2 Å². The molecule has 1 saturated carbocycles. The normalized spacial score (nSPS) is 19.1. The van der Waals surface area contributed by atoms with Gasteiger partial charge in [0.15, 0.2) is 0 Å². The fourth-order valence-corrected chi connectivity index (χ4v) is 2.75. The SMILES string of the molecule is CNCC1(C(N)c2ccc(C)c(C)c2C)CC1. The first-order chi connectivity index (χ1) is 8.02. The molecule has 0 radical (unpaired) electrons. The Morgan fingerprint density at radius 1 is 1.24 bits per heavy atom. The summed E-state index contributed by atoms with van der Waals surface area (Å²) in [7, 11) is 2.01. The van der Waals surface area contributed by atoms with E-state index in [-0.39, 0.29) is 6.04 Å². The second-order valence-electron chi connectivity index (χ2n) is 5.59. The largest absolute Gasteiger partial charge is 0.323 e. The molecule has 0 aliphatic heterocycles. The Morgan fingerprint density at radius 2 is 1.88 bits per heavy atom. The summed E-state index contributed by atoms with van der Waals surface area (Å²) in [5.74, 6) is 0. The summed E-state index contributed by atoms with van der Waals surface area (Å²) in [5, 5.41) is 3.29. The predicted octanol–water partition coefficient (Wildman–Crippen LogP) is 2.61. The van der Waals surface area contributed by atoms with E-state index >= 15 is 0 Å². The van der Waals surface area contributed by atoms with Gasteiger partial charge in [0, 0.05) is 18.0 Å². The van der Waals surface area contributed by atoms with E-state index < -0.39 is 0 Å². The molecule has 1 aromatic carbocycles. The third-order valence-electron chi connectivity index (χ3n) is 4.52. The zero-order valence-electron chi connectivity index (χ0n) is 11.4. The Balaban J connectivity index is 2.32.